The molecular weight excluding hydrogens is 270 g/mol. The Bertz CT molecular complexity index is 482. The topological polar surface area (TPSA) is 77.1 Å². The van der Waals surface area contributed by atoms with E-state index in [1.54, 1.807) is 35.6 Å². The van der Waals surface area contributed by atoms with Gasteiger partial charge in [-0.25, -0.2) is 13.1 Å². The van der Waals surface area contributed by atoms with Crippen LogP contribution in [0.3, 0.4) is 0 Å². The highest BCUT2D eigenvalue weighted by molar-refractivity contribution is 7.98. The third-order valence-electron chi connectivity index (χ3n) is 2.68. The van der Waals surface area contributed by atoms with Crippen LogP contribution in [0.4, 0.5) is 0 Å². The highest BCUT2D eigenvalue weighted by atomic mass is 32.2. The zero-order valence-corrected chi connectivity index (χ0v) is 12.6. The lowest BCUT2D eigenvalue weighted by atomic mass is 10.2. The van der Waals surface area contributed by atoms with Gasteiger partial charge in [0.05, 0.1) is 4.90 Å². The molecule has 1 rings (SSSR count). The molecule has 1 aromatic rings. The van der Waals surface area contributed by atoms with E-state index in [0.717, 1.165) is 11.4 Å². The van der Waals surface area contributed by atoms with Crippen molar-refractivity contribution in [2.45, 2.75) is 18.4 Å². The van der Waals surface area contributed by atoms with Crippen LogP contribution in [0.25, 0.3) is 0 Å². The molecule has 1 unspecified atom stereocenters. The number of nitrogens with zero attached hydrogens (tertiary/aromatic N) is 1. The summed E-state index contributed by atoms with van der Waals surface area (Å²) in [6.07, 6.45) is 3.60. The van der Waals surface area contributed by atoms with Crippen molar-refractivity contribution in [3.05, 3.63) is 18.0 Å². The number of aromatic nitrogens is 1. The lowest BCUT2D eigenvalue weighted by molar-refractivity contribution is 0.562. The third kappa shape index (κ3) is 4.01. The number of thioether (sulfide) groups is 1. The largest absolute Gasteiger partial charge is 0.352 e. The fourth-order valence-corrected chi connectivity index (χ4v) is 3.55. The Morgan fingerprint density at radius 1 is 1.56 bits per heavy atom. The number of nitrogens with one attached hydrogen (secondary N) is 1. The van der Waals surface area contributed by atoms with Crippen LogP contribution in [0.15, 0.2) is 17.2 Å². The molecule has 18 heavy (non-hydrogen) atoms. The molecule has 7 heteroatoms. The number of hydrogen-bond acceptors (Lipinski definition) is 4. The molecular formula is C11H21N3O2S2. The zero-order chi connectivity index (χ0) is 13.8. The summed E-state index contributed by atoms with van der Waals surface area (Å²) in [7, 11) is -1.63. The van der Waals surface area contributed by atoms with E-state index >= 15 is 0 Å². The first-order valence-electron chi connectivity index (χ1n) is 5.74. The van der Waals surface area contributed by atoms with Crippen molar-refractivity contribution >= 4 is 21.8 Å². The molecule has 0 fully saturated rings. The van der Waals surface area contributed by atoms with Gasteiger partial charge < -0.3 is 10.3 Å². The molecule has 1 heterocycles. The Balaban J connectivity index is 2.74. The molecule has 104 valence electrons. The Morgan fingerprint density at radius 3 is 2.72 bits per heavy atom. The van der Waals surface area contributed by atoms with Gasteiger partial charge in [0.2, 0.25) is 10.0 Å². The van der Waals surface area contributed by atoms with E-state index in [4.69, 9.17) is 5.73 Å². The van der Waals surface area contributed by atoms with E-state index in [1.807, 2.05) is 13.2 Å². The predicted molar refractivity (Wildman–Crippen MR) is 76.0 cm³/mol. The van der Waals surface area contributed by atoms with E-state index in [1.165, 1.54) is 0 Å². The lowest BCUT2D eigenvalue weighted by Gasteiger charge is -2.10. The molecule has 0 amide bonds. The van der Waals surface area contributed by atoms with Gasteiger partial charge >= 0.3 is 0 Å². The summed E-state index contributed by atoms with van der Waals surface area (Å²) in [5.41, 5.74) is 6.33. The molecule has 0 saturated carbocycles. The average Bonchev–Trinajstić information content (AvgIpc) is 2.69. The van der Waals surface area contributed by atoms with E-state index in [-0.39, 0.29) is 4.90 Å². The van der Waals surface area contributed by atoms with Gasteiger partial charge in [-0.15, -0.1) is 0 Å². The predicted octanol–water partition coefficient (Wildman–Crippen LogP) is 0.761. The first-order valence-corrected chi connectivity index (χ1v) is 8.62. The van der Waals surface area contributed by atoms with Crippen molar-refractivity contribution < 1.29 is 8.42 Å². The summed E-state index contributed by atoms with van der Waals surface area (Å²) in [6.45, 7) is 2.81. The third-order valence-corrected chi connectivity index (χ3v) is 4.97. The maximum absolute atomic E-state index is 12.1. The fourth-order valence-electron chi connectivity index (χ4n) is 1.61. The summed E-state index contributed by atoms with van der Waals surface area (Å²) in [5.74, 6) is 1.25. The highest BCUT2D eigenvalue weighted by Crippen LogP contribution is 2.13. The van der Waals surface area contributed by atoms with Gasteiger partial charge in [0.15, 0.2) is 0 Å². The van der Waals surface area contributed by atoms with E-state index < -0.39 is 10.0 Å². The average molecular weight is 291 g/mol. The molecule has 0 spiro atoms. The van der Waals surface area contributed by atoms with Crippen molar-refractivity contribution in [2.75, 3.05) is 18.6 Å². The molecule has 1 aromatic heterocycles. The van der Waals surface area contributed by atoms with Gasteiger partial charge in [-0.05, 0) is 24.0 Å². The van der Waals surface area contributed by atoms with Crippen LogP contribution in [0.2, 0.25) is 0 Å². The lowest BCUT2D eigenvalue weighted by Crippen LogP contribution is -2.29. The molecule has 0 bridgehead atoms. The van der Waals surface area contributed by atoms with Crippen LogP contribution in [0.1, 0.15) is 12.6 Å². The van der Waals surface area contributed by atoms with Crippen LogP contribution < -0.4 is 10.5 Å². The first-order chi connectivity index (χ1) is 8.40. The molecule has 0 aromatic carbocycles. The number of rotatable bonds is 7. The minimum atomic E-state index is -3.42. The highest BCUT2D eigenvalue weighted by Gasteiger charge is 2.17. The quantitative estimate of drug-likeness (QED) is 0.777. The summed E-state index contributed by atoms with van der Waals surface area (Å²) in [4.78, 5) is 0.279. The van der Waals surface area contributed by atoms with Crippen molar-refractivity contribution in [3.63, 3.8) is 0 Å². The first kappa shape index (κ1) is 15.6. The SMILES string of the molecule is CSCC(C)CNS(=O)(=O)c1cc(CN)n(C)c1. The Kier molecular flexibility index (Phi) is 5.71. The minimum Gasteiger partial charge on any atom is -0.352 e. The second-order valence-corrected chi connectivity index (χ2v) is 7.07. The molecule has 3 N–H and O–H groups in total. The number of nitrogens with two attached hydrogens (primary N) is 1. The van der Waals surface area contributed by atoms with E-state index in [9.17, 15) is 8.42 Å². The van der Waals surface area contributed by atoms with Crippen molar-refractivity contribution in [3.8, 4) is 0 Å². The van der Waals surface area contributed by atoms with Gasteiger partial charge in [0.25, 0.3) is 0 Å². The minimum absolute atomic E-state index is 0.279. The number of sulfonamides is 1. The van der Waals surface area contributed by atoms with Crippen molar-refractivity contribution in [2.24, 2.45) is 18.7 Å². The maximum atomic E-state index is 12.1. The maximum Gasteiger partial charge on any atom is 0.242 e. The number of hydrogen-bond donors (Lipinski definition) is 2. The van der Waals surface area contributed by atoms with Gasteiger partial charge in [0.1, 0.15) is 0 Å². The Labute approximate surface area is 113 Å². The molecule has 0 radical (unpaired) electrons. The summed E-state index contributed by atoms with van der Waals surface area (Å²) in [5, 5.41) is 0. The van der Waals surface area contributed by atoms with Gasteiger partial charge in [-0.2, -0.15) is 11.8 Å². The fraction of sp³-hybridized carbons (Fsp3) is 0.636. The van der Waals surface area contributed by atoms with E-state index in [0.29, 0.717) is 19.0 Å². The number of aryl methyl sites for hydroxylation is 1. The molecule has 5 nitrogen and oxygen atoms in total. The normalized spacial score (nSPS) is 13.8. The van der Waals surface area contributed by atoms with Gasteiger partial charge in [-0.3, -0.25) is 0 Å². The molecule has 0 aliphatic rings. The summed E-state index contributed by atoms with van der Waals surface area (Å²) < 4.78 is 28.5. The van der Waals surface area contributed by atoms with Crippen LogP contribution in [-0.4, -0.2) is 31.5 Å². The van der Waals surface area contributed by atoms with Crippen LogP contribution in [0, 0.1) is 5.92 Å². The second kappa shape index (κ2) is 6.60. The van der Waals surface area contributed by atoms with Crippen LogP contribution >= 0.6 is 11.8 Å². The standard InChI is InChI=1S/C11H21N3O2S2/c1-9(8-17-3)6-13-18(15,16)11-4-10(5-12)14(2)7-11/h4,7,9,13H,5-6,8,12H2,1-3H3. The van der Waals surface area contributed by atoms with Crippen molar-refractivity contribution in [1.82, 2.24) is 9.29 Å². The second-order valence-electron chi connectivity index (χ2n) is 4.39. The van der Waals surface area contributed by atoms with Crippen LogP contribution in [0.5, 0.6) is 0 Å². The Morgan fingerprint density at radius 2 is 2.22 bits per heavy atom. The van der Waals surface area contributed by atoms with Crippen molar-refractivity contribution in [1.29, 1.82) is 0 Å². The molecule has 0 saturated heterocycles. The van der Waals surface area contributed by atoms with Gasteiger partial charge in [-0.1, -0.05) is 6.92 Å². The summed E-state index contributed by atoms with van der Waals surface area (Å²) in [6, 6.07) is 1.61. The zero-order valence-electron chi connectivity index (χ0n) is 11.0. The Hall–Kier alpha value is -0.500. The monoisotopic (exact) mass is 291 g/mol. The van der Waals surface area contributed by atoms with Gasteiger partial charge in [0, 0.05) is 32.0 Å². The molecule has 1 atom stereocenters. The van der Waals surface area contributed by atoms with E-state index in [2.05, 4.69) is 4.72 Å². The van der Waals surface area contributed by atoms with Crippen LogP contribution in [-0.2, 0) is 23.6 Å². The molecule has 0 aliphatic heterocycles. The smallest absolute Gasteiger partial charge is 0.242 e. The molecule has 0 aliphatic carbocycles. The summed E-state index contributed by atoms with van der Waals surface area (Å²) >= 11 is 1.71.